The molecular weight excluding hydrogens is 168 g/mol. The zero-order valence-electron chi connectivity index (χ0n) is 8.45. The Morgan fingerprint density at radius 3 is 2.31 bits per heavy atom. The van der Waals surface area contributed by atoms with E-state index in [0.29, 0.717) is 0 Å². The van der Waals surface area contributed by atoms with Crippen molar-refractivity contribution in [1.82, 2.24) is 0 Å². The number of carboxylic acid groups (broad SMARTS) is 1. The first-order valence-corrected chi connectivity index (χ1v) is 4.61. The van der Waals surface area contributed by atoms with Gasteiger partial charge in [-0.3, -0.25) is 4.79 Å². The zero-order valence-corrected chi connectivity index (χ0v) is 8.45. The van der Waals surface area contributed by atoms with E-state index < -0.39 is 5.97 Å². The Morgan fingerprint density at radius 1 is 1.38 bits per heavy atom. The molecule has 0 saturated heterocycles. The van der Waals surface area contributed by atoms with Crippen LogP contribution in [0.2, 0.25) is 0 Å². The average molecular weight is 187 g/mol. The van der Waals surface area contributed by atoms with Crippen molar-refractivity contribution in [1.29, 1.82) is 0 Å². The summed E-state index contributed by atoms with van der Waals surface area (Å²) in [7, 11) is 0. The number of allylic oxidation sites excluding steroid dienone is 1. The van der Waals surface area contributed by atoms with E-state index in [9.17, 15) is 5.11 Å². The van der Waals surface area contributed by atoms with E-state index in [4.69, 9.17) is 9.90 Å². The molecule has 13 heavy (non-hydrogen) atoms. The predicted molar refractivity (Wildman–Crippen MR) is 51.2 cm³/mol. The molecule has 0 saturated carbocycles. The molecule has 0 aromatic heterocycles. The van der Waals surface area contributed by atoms with E-state index >= 15 is 0 Å². The van der Waals surface area contributed by atoms with Gasteiger partial charge in [0.1, 0.15) is 0 Å². The van der Waals surface area contributed by atoms with Crippen LogP contribution in [0, 0.1) is 0 Å². The van der Waals surface area contributed by atoms with Crippen LogP contribution in [0.1, 0.15) is 46.0 Å². The molecule has 0 unspecified atom stereocenters. The second-order valence-electron chi connectivity index (χ2n) is 2.74. The van der Waals surface area contributed by atoms with Gasteiger partial charge in [-0.1, -0.05) is 32.3 Å². The van der Waals surface area contributed by atoms with Gasteiger partial charge in [0.25, 0.3) is 5.97 Å². The van der Waals surface area contributed by atoms with Crippen molar-refractivity contribution in [2.24, 2.45) is 0 Å². The third-order valence-electron chi connectivity index (χ3n) is 1.32. The Kier molecular flexibility index (Phi) is 15.2. The minimum absolute atomic E-state index is 0.833. The molecule has 0 heterocycles. The fraction of sp³-hybridized carbons (Fsp3) is 0.700. The lowest BCUT2D eigenvalue weighted by Gasteiger charge is -1.94. The van der Waals surface area contributed by atoms with Crippen LogP contribution in [0.3, 0.4) is 0 Å². The molecule has 0 aromatic carbocycles. The highest BCUT2D eigenvalue weighted by Crippen LogP contribution is 2.01. The van der Waals surface area contributed by atoms with Gasteiger partial charge >= 0.3 is 0 Å². The Balaban J connectivity index is 0. The summed E-state index contributed by atoms with van der Waals surface area (Å²) in [6.45, 7) is 3.27. The normalized spacial score (nSPS) is 9.38. The van der Waals surface area contributed by atoms with Crippen LogP contribution in [-0.2, 0) is 4.79 Å². The summed E-state index contributed by atoms with van der Waals surface area (Å²) < 4.78 is 0. The molecule has 3 heteroatoms. The first-order chi connectivity index (χ1) is 6.15. The number of carboxylic acids is 1. The number of rotatable bonds is 5. The van der Waals surface area contributed by atoms with Gasteiger partial charge in [0.15, 0.2) is 0 Å². The van der Waals surface area contributed by atoms with Gasteiger partial charge in [-0.15, -0.1) is 0 Å². The Hall–Kier alpha value is -0.990. The largest absolute Gasteiger partial charge is 0.878 e. The molecule has 0 aliphatic rings. The molecule has 0 aromatic rings. The van der Waals surface area contributed by atoms with Gasteiger partial charge in [0, 0.05) is 6.92 Å². The first-order valence-electron chi connectivity index (χ1n) is 4.61. The van der Waals surface area contributed by atoms with Gasteiger partial charge in [-0.2, -0.15) is 6.26 Å². The molecule has 0 rings (SSSR count). The summed E-state index contributed by atoms with van der Waals surface area (Å²) in [5.41, 5.74) is 0. The Labute approximate surface area is 80.1 Å². The van der Waals surface area contributed by atoms with Crippen LogP contribution in [0.25, 0.3) is 0 Å². The summed E-state index contributed by atoms with van der Waals surface area (Å²) in [6.07, 6.45) is 8.53. The molecule has 0 atom stereocenters. The van der Waals surface area contributed by atoms with Crippen molar-refractivity contribution >= 4 is 5.97 Å². The number of aliphatic carboxylic acids is 1. The summed E-state index contributed by atoms with van der Waals surface area (Å²) in [5, 5.41) is 17.2. The van der Waals surface area contributed by atoms with E-state index in [2.05, 4.69) is 6.92 Å². The summed E-state index contributed by atoms with van der Waals surface area (Å²) in [5.74, 6) is -0.833. The maximum absolute atomic E-state index is 9.78. The standard InChI is InChI=1S/C8H16O.C2H4O2/c1-2-3-4-5-6-7-8-9;1-2(3)4/h7-9H,2-6H2,1H3;1H3,(H,3,4)/p-1. The number of unbranched alkanes of at least 4 members (excludes halogenated alkanes) is 4. The SMILES string of the molecule is CC(=O)O.CCCCCCC=C[O-]. The predicted octanol–water partition coefficient (Wildman–Crippen LogP) is 1.92. The van der Waals surface area contributed by atoms with Crippen LogP contribution in [0.15, 0.2) is 12.3 Å². The van der Waals surface area contributed by atoms with Gasteiger partial charge in [-0.05, 0) is 12.8 Å². The van der Waals surface area contributed by atoms with E-state index in [1.165, 1.54) is 25.7 Å². The van der Waals surface area contributed by atoms with Gasteiger partial charge in [0.05, 0.1) is 0 Å². The second kappa shape index (κ2) is 13.6. The number of hydrogen-bond acceptors (Lipinski definition) is 2. The summed E-state index contributed by atoms with van der Waals surface area (Å²) in [4.78, 5) is 9.00. The summed E-state index contributed by atoms with van der Waals surface area (Å²) >= 11 is 0. The Morgan fingerprint density at radius 2 is 1.92 bits per heavy atom. The molecule has 0 amide bonds. The highest BCUT2D eigenvalue weighted by atomic mass is 16.4. The molecule has 3 nitrogen and oxygen atoms in total. The van der Waals surface area contributed by atoms with E-state index in [-0.39, 0.29) is 0 Å². The van der Waals surface area contributed by atoms with Crippen LogP contribution in [0.5, 0.6) is 0 Å². The van der Waals surface area contributed by atoms with Gasteiger partial charge < -0.3 is 10.2 Å². The molecule has 1 N–H and O–H groups in total. The third kappa shape index (κ3) is 35.6. The van der Waals surface area contributed by atoms with Crippen molar-refractivity contribution in [3.8, 4) is 0 Å². The first kappa shape index (κ1) is 14.5. The Bertz CT molecular complexity index is 126. The fourth-order valence-electron chi connectivity index (χ4n) is 0.757. The van der Waals surface area contributed by atoms with Crippen LogP contribution < -0.4 is 5.11 Å². The lowest BCUT2D eigenvalue weighted by molar-refractivity contribution is -0.275. The molecule has 0 bridgehead atoms. The number of carbonyl (C=O) groups is 1. The molecule has 0 radical (unpaired) electrons. The minimum Gasteiger partial charge on any atom is -0.878 e. The summed E-state index contributed by atoms with van der Waals surface area (Å²) in [6, 6.07) is 0. The van der Waals surface area contributed by atoms with Crippen molar-refractivity contribution in [3.05, 3.63) is 12.3 Å². The molecule has 0 aliphatic heterocycles. The van der Waals surface area contributed by atoms with E-state index in [1.807, 2.05) is 0 Å². The molecule has 0 spiro atoms. The van der Waals surface area contributed by atoms with Crippen molar-refractivity contribution in [2.45, 2.75) is 46.0 Å². The van der Waals surface area contributed by atoms with E-state index in [1.54, 1.807) is 6.08 Å². The maximum Gasteiger partial charge on any atom is 0.300 e. The monoisotopic (exact) mass is 187 g/mol. The second-order valence-corrected chi connectivity index (χ2v) is 2.74. The highest BCUT2D eigenvalue weighted by molar-refractivity contribution is 5.62. The topological polar surface area (TPSA) is 60.4 Å². The third-order valence-corrected chi connectivity index (χ3v) is 1.32. The molecule has 0 fully saturated rings. The maximum atomic E-state index is 9.78. The average Bonchev–Trinajstić information content (AvgIpc) is 2.03. The lowest BCUT2D eigenvalue weighted by Crippen LogP contribution is -1.84. The van der Waals surface area contributed by atoms with Crippen LogP contribution >= 0.6 is 0 Å². The van der Waals surface area contributed by atoms with Gasteiger partial charge in [-0.25, -0.2) is 0 Å². The zero-order chi connectivity index (χ0) is 10.5. The van der Waals surface area contributed by atoms with Gasteiger partial charge in [0.2, 0.25) is 0 Å². The van der Waals surface area contributed by atoms with Crippen LogP contribution in [-0.4, -0.2) is 11.1 Å². The van der Waals surface area contributed by atoms with Crippen molar-refractivity contribution in [2.75, 3.05) is 0 Å². The highest BCUT2D eigenvalue weighted by Gasteiger charge is 1.81. The quantitative estimate of drug-likeness (QED) is 0.528. The van der Waals surface area contributed by atoms with Crippen molar-refractivity contribution < 1.29 is 15.0 Å². The molecule has 0 aliphatic carbocycles. The minimum atomic E-state index is -0.833. The van der Waals surface area contributed by atoms with Crippen LogP contribution in [0.4, 0.5) is 0 Å². The number of hydrogen-bond donors (Lipinski definition) is 1. The van der Waals surface area contributed by atoms with Crippen molar-refractivity contribution in [3.63, 3.8) is 0 Å². The van der Waals surface area contributed by atoms with E-state index in [0.717, 1.165) is 19.6 Å². The molecule has 78 valence electrons. The fourth-order valence-corrected chi connectivity index (χ4v) is 0.757. The molecular formula is C10H19O3-. The lowest BCUT2D eigenvalue weighted by atomic mass is 10.2. The smallest absolute Gasteiger partial charge is 0.300 e.